The smallest absolute Gasteiger partial charge is 0.124 e. The van der Waals surface area contributed by atoms with E-state index in [0.717, 1.165) is 22.4 Å². The molecule has 2 rings (SSSR count). The SMILES string of the molecule is COc1ccc(C#CCO)cc1Cn1cc(C)cn1. The molecule has 1 N–H and O–H groups in total. The van der Waals surface area contributed by atoms with Gasteiger partial charge in [-0.25, -0.2) is 0 Å². The molecule has 0 unspecified atom stereocenters. The lowest BCUT2D eigenvalue weighted by molar-refractivity contribution is 0.350. The van der Waals surface area contributed by atoms with Crippen LogP contribution in [0.2, 0.25) is 0 Å². The second-order valence-corrected chi connectivity index (χ2v) is 4.20. The zero-order valence-electron chi connectivity index (χ0n) is 11.1. The van der Waals surface area contributed by atoms with Gasteiger partial charge in [0.05, 0.1) is 19.9 Å². The Hall–Kier alpha value is -2.25. The first-order valence-electron chi connectivity index (χ1n) is 5.98. The summed E-state index contributed by atoms with van der Waals surface area (Å²) in [5, 5.41) is 13.0. The summed E-state index contributed by atoms with van der Waals surface area (Å²) in [6.45, 7) is 2.50. The van der Waals surface area contributed by atoms with Crippen molar-refractivity contribution in [3.8, 4) is 17.6 Å². The van der Waals surface area contributed by atoms with Gasteiger partial charge in [0.2, 0.25) is 0 Å². The van der Waals surface area contributed by atoms with E-state index in [-0.39, 0.29) is 6.61 Å². The number of aryl methyl sites for hydroxylation is 1. The maximum absolute atomic E-state index is 8.72. The first kappa shape index (κ1) is 13.2. The molecule has 0 aliphatic carbocycles. The Labute approximate surface area is 112 Å². The van der Waals surface area contributed by atoms with Crippen LogP contribution in [0.15, 0.2) is 30.6 Å². The normalized spacial score (nSPS) is 9.84. The van der Waals surface area contributed by atoms with E-state index in [9.17, 15) is 0 Å². The van der Waals surface area contributed by atoms with Crippen molar-refractivity contribution < 1.29 is 9.84 Å². The van der Waals surface area contributed by atoms with E-state index in [1.807, 2.05) is 42.2 Å². The summed E-state index contributed by atoms with van der Waals surface area (Å²) in [5.41, 5.74) is 2.99. The quantitative estimate of drug-likeness (QED) is 0.848. The molecule has 0 saturated heterocycles. The van der Waals surface area contributed by atoms with E-state index in [1.54, 1.807) is 7.11 Å². The van der Waals surface area contributed by atoms with Crippen molar-refractivity contribution in [3.63, 3.8) is 0 Å². The first-order valence-corrected chi connectivity index (χ1v) is 5.98. The molecule has 0 spiro atoms. The highest BCUT2D eigenvalue weighted by Gasteiger charge is 2.05. The topological polar surface area (TPSA) is 47.3 Å². The first-order chi connectivity index (χ1) is 9.22. The van der Waals surface area contributed by atoms with E-state index in [1.165, 1.54) is 0 Å². The van der Waals surface area contributed by atoms with Gasteiger partial charge in [-0.15, -0.1) is 0 Å². The molecular weight excluding hydrogens is 240 g/mol. The molecule has 2 aromatic rings. The molecule has 4 heteroatoms. The Morgan fingerprint density at radius 2 is 2.26 bits per heavy atom. The molecule has 0 atom stereocenters. The summed E-state index contributed by atoms with van der Waals surface area (Å²) >= 11 is 0. The molecular formula is C15H16N2O2. The number of nitrogens with zero attached hydrogens (tertiary/aromatic N) is 2. The van der Waals surface area contributed by atoms with E-state index in [2.05, 4.69) is 16.9 Å². The molecule has 0 amide bonds. The molecule has 0 fully saturated rings. The van der Waals surface area contributed by atoms with E-state index in [0.29, 0.717) is 6.54 Å². The number of ether oxygens (including phenoxy) is 1. The molecule has 0 aliphatic heterocycles. The monoisotopic (exact) mass is 256 g/mol. The molecule has 1 aromatic carbocycles. The molecule has 0 radical (unpaired) electrons. The largest absolute Gasteiger partial charge is 0.496 e. The number of hydrogen-bond acceptors (Lipinski definition) is 3. The predicted octanol–water partition coefficient (Wildman–Crippen LogP) is 1.59. The van der Waals surface area contributed by atoms with Crippen molar-refractivity contribution in [1.82, 2.24) is 9.78 Å². The standard InChI is InChI=1S/C15H16N2O2/c1-12-9-16-17(10-12)11-14-8-13(4-3-7-18)5-6-15(14)19-2/h5-6,8-10,18H,7,11H2,1-2H3. The average molecular weight is 256 g/mol. The number of hydrogen-bond donors (Lipinski definition) is 1. The fourth-order valence-electron chi connectivity index (χ4n) is 1.85. The number of rotatable bonds is 3. The summed E-state index contributed by atoms with van der Waals surface area (Å²) < 4.78 is 7.20. The van der Waals surface area contributed by atoms with Crippen molar-refractivity contribution in [2.24, 2.45) is 0 Å². The van der Waals surface area contributed by atoms with Crippen LogP contribution < -0.4 is 4.74 Å². The fourth-order valence-corrected chi connectivity index (χ4v) is 1.85. The van der Waals surface area contributed by atoms with E-state index < -0.39 is 0 Å². The minimum Gasteiger partial charge on any atom is -0.496 e. The van der Waals surface area contributed by atoms with Crippen LogP contribution in [0.3, 0.4) is 0 Å². The summed E-state index contributed by atoms with van der Waals surface area (Å²) in [4.78, 5) is 0. The van der Waals surface area contributed by atoms with Gasteiger partial charge < -0.3 is 9.84 Å². The Morgan fingerprint density at radius 3 is 2.89 bits per heavy atom. The average Bonchev–Trinajstić information content (AvgIpc) is 2.82. The molecule has 0 saturated carbocycles. The molecule has 98 valence electrons. The second-order valence-electron chi connectivity index (χ2n) is 4.20. The Kier molecular flexibility index (Phi) is 4.22. The Balaban J connectivity index is 2.30. The molecule has 1 heterocycles. The van der Waals surface area contributed by atoms with Gasteiger partial charge in [0.15, 0.2) is 0 Å². The van der Waals surface area contributed by atoms with E-state index in [4.69, 9.17) is 9.84 Å². The molecule has 1 aromatic heterocycles. The van der Waals surface area contributed by atoms with Gasteiger partial charge in [-0.1, -0.05) is 11.8 Å². The van der Waals surface area contributed by atoms with Crippen molar-refractivity contribution in [1.29, 1.82) is 0 Å². The number of aliphatic hydroxyl groups is 1. The van der Waals surface area contributed by atoms with Crippen LogP contribution in [0.25, 0.3) is 0 Å². The van der Waals surface area contributed by atoms with Crippen LogP contribution in [0.1, 0.15) is 16.7 Å². The molecule has 19 heavy (non-hydrogen) atoms. The van der Waals surface area contributed by atoms with Gasteiger partial charge in [0, 0.05) is 17.3 Å². The molecule has 4 nitrogen and oxygen atoms in total. The third-order valence-corrected chi connectivity index (χ3v) is 2.69. The summed E-state index contributed by atoms with van der Waals surface area (Å²) in [6, 6.07) is 5.71. The Bertz CT molecular complexity index is 621. The maximum atomic E-state index is 8.72. The highest BCUT2D eigenvalue weighted by atomic mass is 16.5. The zero-order valence-corrected chi connectivity index (χ0v) is 11.1. The van der Waals surface area contributed by atoms with Crippen molar-refractivity contribution in [2.75, 3.05) is 13.7 Å². The summed E-state index contributed by atoms with van der Waals surface area (Å²) in [6.07, 6.45) is 3.80. The van der Waals surface area contributed by atoms with Crippen LogP contribution in [0.5, 0.6) is 5.75 Å². The highest BCUT2D eigenvalue weighted by Crippen LogP contribution is 2.20. The lowest BCUT2D eigenvalue weighted by atomic mass is 10.1. The van der Waals surface area contributed by atoms with Gasteiger partial charge in [-0.3, -0.25) is 4.68 Å². The molecule has 0 aliphatic rings. The summed E-state index contributed by atoms with van der Waals surface area (Å²) in [5.74, 6) is 6.34. The van der Waals surface area contributed by atoms with Crippen molar-refractivity contribution in [3.05, 3.63) is 47.3 Å². The van der Waals surface area contributed by atoms with Crippen LogP contribution in [-0.2, 0) is 6.54 Å². The fraction of sp³-hybridized carbons (Fsp3) is 0.267. The minimum absolute atomic E-state index is 0.139. The van der Waals surface area contributed by atoms with Crippen LogP contribution in [0.4, 0.5) is 0 Å². The van der Waals surface area contributed by atoms with Gasteiger partial charge in [-0.05, 0) is 30.7 Å². The molecule has 0 bridgehead atoms. The van der Waals surface area contributed by atoms with E-state index >= 15 is 0 Å². The van der Waals surface area contributed by atoms with Crippen LogP contribution in [-0.4, -0.2) is 28.6 Å². The second kappa shape index (κ2) is 6.07. The van der Waals surface area contributed by atoms with Crippen molar-refractivity contribution in [2.45, 2.75) is 13.5 Å². The summed E-state index contributed by atoms with van der Waals surface area (Å²) in [7, 11) is 1.65. The zero-order chi connectivity index (χ0) is 13.7. The lowest BCUT2D eigenvalue weighted by Gasteiger charge is -2.09. The minimum atomic E-state index is -0.139. The van der Waals surface area contributed by atoms with Crippen LogP contribution in [0, 0.1) is 18.8 Å². The van der Waals surface area contributed by atoms with Gasteiger partial charge in [-0.2, -0.15) is 5.10 Å². The Morgan fingerprint density at radius 1 is 1.42 bits per heavy atom. The maximum Gasteiger partial charge on any atom is 0.124 e. The number of methoxy groups -OCH3 is 1. The number of aliphatic hydroxyl groups excluding tert-OH is 1. The third-order valence-electron chi connectivity index (χ3n) is 2.69. The third kappa shape index (κ3) is 3.36. The van der Waals surface area contributed by atoms with Gasteiger partial charge in [0.25, 0.3) is 0 Å². The number of aromatic nitrogens is 2. The number of benzene rings is 1. The lowest BCUT2D eigenvalue weighted by Crippen LogP contribution is -2.02. The highest BCUT2D eigenvalue weighted by molar-refractivity contribution is 5.44. The predicted molar refractivity (Wildman–Crippen MR) is 73.0 cm³/mol. The van der Waals surface area contributed by atoms with Gasteiger partial charge >= 0.3 is 0 Å². The van der Waals surface area contributed by atoms with Crippen molar-refractivity contribution >= 4 is 0 Å². The van der Waals surface area contributed by atoms with Crippen LogP contribution >= 0.6 is 0 Å². The van der Waals surface area contributed by atoms with Gasteiger partial charge in [0.1, 0.15) is 12.4 Å².